The zero-order chi connectivity index (χ0) is 16.2. The monoisotopic (exact) mass is 313 g/mol. The standard InChI is InChI=1S/C20H15N3O/c1-2-5-15(6-3-1)13-24-17-8-9-18-19(11-17)22-14-23-20(18)16-7-4-10-21-12-16/h1-12,14H,13H2. The first-order chi connectivity index (χ1) is 11.9. The highest BCUT2D eigenvalue weighted by Gasteiger charge is 2.07. The minimum atomic E-state index is 0.535. The van der Waals surface area contributed by atoms with Crippen LogP contribution in [0, 0.1) is 0 Å². The van der Waals surface area contributed by atoms with Gasteiger partial charge in [-0.25, -0.2) is 9.97 Å². The van der Waals surface area contributed by atoms with Gasteiger partial charge in [-0.05, 0) is 29.8 Å². The number of rotatable bonds is 4. The lowest BCUT2D eigenvalue weighted by molar-refractivity contribution is 0.306. The predicted octanol–water partition coefficient (Wildman–Crippen LogP) is 4.27. The molecule has 0 amide bonds. The first-order valence-electron chi connectivity index (χ1n) is 7.72. The van der Waals surface area contributed by atoms with Crippen molar-refractivity contribution >= 4 is 10.9 Å². The third-order valence-corrected chi connectivity index (χ3v) is 3.79. The van der Waals surface area contributed by atoms with E-state index in [1.807, 2.05) is 66.9 Å². The van der Waals surface area contributed by atoms with Gasteiger partial charge >= 0.3 is 0 Å². The van der Waals surface area contributed by atoms with Crippen LogP contribution in [0.5, 0.6) is 5.75 Å². The smallest absolute Gasteiger partial charge is 0.122 e. The summed E-state index contributed by atoms with van der Waals surface area (Å²) >= 11 is 0. The van der Waals surface area contributed by atoms with E-state index in [4.69, 9.17) is 4.74 Å². The Labute approximate surface area is 139 Å². The Balaban J connectivity index is 1.65. The van der Waals surface area contributed by atoms with Crippen LogP contribution in [0.4, 0.5) is 0 Å². The highest BCUT2D eigenvalue weighted by molar-refractivity contribution is 5.92. The second kappa shape index (κ2) is 6.46. The van der Waals surface area contributed by atoms with Crippen molar-refractivity contribution in [2.75, 3.05) is 0 Å². The second-order valence-electron chi connectivity index (χ2n) is 5.42. The van der Waals surface area contributed by atoms with E-state index in [1.54, 1.807) is 12.5 Å². The largest absolute Gasteiger partial charge is 0.489 e. The molecule has 116 valence electrons. The molecule has 4 nitrogen and oxygen atoms in total. The molecule has 0 aliphatic rings. The summed E-state index contributed by atoms with van der Waals surface area (Å²) in [5.74, 6) is 0.794. The van der Waals surface area contributed by atoms with Crippen molar-refractivity contribution in [2.24, 2.45) is 0 Å². The van der Waals surface area contributed by atoms with E-state index in [1.165, 1.54) is 0 Å². The van der Waals surface area contributed by atoms with E-state index in [0.717, 1.165) is 33.5 Å². The van der Waals surface area contributed by atoms with Crippen molar-refractivity contribution in [1.82, 2.24) is 15.0 Å². The molecule has 0 unspecified atom stereocenters. The summed E-state index contributed by atoms with van der Waals surface area (Å²) in [6.07, 6.45) is 5.13. The zero-order valence-electron chi connectivity index (χ0n) is 13.0. The van der Waals surface area contributed by atoms with Gasteiger partial charge in [0, 0.05) is 29.4 Å². The highest BCUT2D eigenvalue weighted by Crippen LogP contribution is 2.27. The molecule has 0 fully saturated rings. The summed E-state index contributed by atoms with van der Waals surface area (Å²) in [5, 5.41) is 0.984. The Bertz CT molecular complexity index is 956. The summed E-state index contributed by atoms with van der Waals surface area (Å²) in [6.45, 7) is 0.535. The number of pyridine rings is 1. The van der Waals surface area contributed by atoms with Crippen molar-refractivity contribution < 1.29 is 4.74 Å². The van der Waals surface area contributed by atoms with Gasteiger partial charge < -0.3 is 4.74 Å². The highest BCUT2D eigenvalue weighted by atomic mass is 16.5. The number of nitrogens with zero attached hydrogens (tertiary/aromatic N) is 3. The van der Waals surface area contributed by atoms with Crippen LogP contribution in [0.25, 0.3) is 22.2 Å². The zero-order valence-corrected chi connectivity index (χ0v) is 13.0. The number of aromatic nitrogens is 3. The fourth-order valence-electron chi connectivity index (χ4n) is 2.60. The number of benzene rings is 2. The van der Waals surface area contributed by atoms with Crippen LogP contribution in [0.15, 0.2) is 79.4 Å². The molecule has 0 aliphatic heterocycles. The average Bonchev–Trinajstić information content (AvgIpc) is 2.67. The Morgan fingerprint density at radius 3 is 2.62 bits per heavy atom. The average molecular weight is 313 g/mol. The van der Waals surface area contributed by atoms with Crippen LogP contribution in [-0.4, -0.2) is 15.0 Å². The molecule has 0 spiro atoms. The van der Waals surface area contributed by atoms with E-state index in [0.29, 0.717) is 6.61 Å². The molecule has 0 saturated heterocycles. The summed E-state index contributed by atoms with van der Waals surface area (Å²) in [5.41, 5.74) is 3.84. The summed E-state index contributed by atoms with van der Waals surface area (Å²) in [6, 6.07) is 19.9. The minimum absolute atomic E-state index is 0.535. The summed E-state index contributed by atoms with van der Waals surface area (Å²) in [7, 11) is 0. The molecule has 4 rings (SSSR count). The fourth-order valence-corrected chi connectivity index (χ4v) is 2.60. The number of hydrogen-bond acceptors (Lipinski definition) is 4. The lowest BCUT2D eigenvalue weighted by Gasteiger charge is -2.09. The molecule has 4 heteroatoms. The second-order valence-corrected chi connectivity index (χ2v) is 5.42. The van der Waals surface area contributed by atoms with Crippen molar-refractivity contribution in [3.05, 3.63) is 84.9 Å². The van der Waals surface area contributed by atoms with Crippen LogP contribution < -0.4 is 4.74 Å². The predicted molar refractivity (Wildman–Crippen MR) is 93.5 cm³/mol. The van der Waals surface area contributed by atoms with Gasteiger partial charge in [-0.2, -0.15) is 0 Å². The number of ether oxygens (including phenoxy) is 1. The van der Waals surface area contributed by atoms with E-state index in [2.05, 4.69) is 15.0 Å². The molecule has 0 N–H and O–H groups in total. The maximum absolute atomic E-state index is 5.87. The minimum Gasteiger partial charge on any atom is -0.489 e. The summed E-state index contributed by atoms with van der Waals surface area (Å²) < 4.78 is 5.87. The van der Waals surface area contributed by atoms with Crippen molar-refractivity contribution in [1.29, 1.82) is 0 Å². The van der Waals surface area contributed by atoms with E-state index >= 15 is 0 Å². The molecule has 4 aromatic rings. The summed E-state index contributed by atoms with van der Waals surface area (Å²) in [4.78, 5) is 12.9. The SMILES string of the molecule is c1ccc(COc2ccc3c(-c4cccnc4)ncnc3c2)cc1. The molecule has 2 aromatic heterocycles. The maximum atomic E-state index is 5.87. The number of fused-ring (bicyclic) bond motifs is 1. The fraction of sp³-hybridized carbons (Fsp3) is 0.0500. The van der Waals surface area contributed by atoms with Crippen LogP contribution >= 0.6 is 0 Å². The van der Waals surface area contributed by atoms with Gasteiger partial charge in [0.2, 0.25) is 0 Å². The molecular formula is C20H15N3O. The first-order valence-corrected chi connectivity index (χ1v) is 7.72. The number of hydrogen-bond donors (Lipinski definition) is 0. The van der Waals surface area contributed by atoms with Crippen molar-refractivity contribution in [3.63, 3.8) is 0 Å². The molecule has 0 bridgehead atoms. The van der Waals surface area contributed by atoms with E-state index < -0.39 is 0 Å². The molecule has 0 aliphatic carbocycles. The molecular weight excluding hydrogens is 298 g/mol. The van der Waals surface area contributed by atoms with Gasteiger partial charge in [0.15, 0.2) is 0 Å². The molecule has 24 heavy (non-hydrogen) atoms. The normalized spacial score (nSPS) is 10.7. The third-order valence-electron chi connectivity index (χ3n) is 3.79. The quantitative estimate of drug-likeness (QED) is 0.564. The van der Waals surface area contributed by atoms with Gasteiger partial charge in [-0.15, -0.1) is 0 Å². The molecule has 2 heterocycles. The van der Waals surface area contributed by atoms with Gasteiger partial charge in [0.25, 0.3) is 0 Å². The Kier molecular flexibility index (Phi) is 3.86. The van der Waals surface area contributed by atoms with E-state index in [9.17, 15) is 0 Å². The van der Waals surface area contributed by atoms with Gasteiger partial charge in [0.05, 0.1) is 11.2 Å². The lowest BCUT2D eigenvalue weighted by atomic mass is 10.1. The van der Waals surface area contributed by atoms with Crippen LogP contribution in [0.1, 0.15) is 5.56 Å². The van der Waals surface area contributed by atoms with Crippen LogP contribution in [-0.2, 0) is 6.61 Å². The molecule has 0 saturated carbocycles. The van der Waals surface area contributed by atoms with Crippen LogP contribution in [0.2, 0.25) is 0 Å². The van der Waals surface area contributed by atoms with Gasteiger partial charge in [-0.3, -0.25) is 4.98 Å². The van der Waals surface area contributed by atoms with Crippen LogP contribution in [0.3, 0.4) is 0 Å². The third kappa shape index (κ3) is 2.94. The maximum Gasteiger partial charge on any atom is 0.122 e. The lowest BCUT2D eigenvalue weighted by Crippen LogP contribution is -1.96. The first kappa shape index (κ1) is 14.3. The van der Waals surface area contributed by atoms with Gasteiger partial charge in [-0.1, -0.05) is 30.3 Å². The van der Waals surface area contributed by atoms with E-state index in [-0.39, 0.29) is 0 Å². The molecule has 0 radical (unpaired) electrons. The molecule has 0 atom stereocenters. The van der Waals surface area contributed by atoms with Crippen molar-refractivity contribution in [3.8, 4) is 17.0 Å². The Hall–Kier alpha value is -3.27. The van der Waals surface area contributed by atoms with Gasteiger partial charge in [0.1, 0.15) is 18.7 Å². The topological polar surface area (TPSA) is 47.9 Å². The Morgan fingerprint density at radius 1 is 0.875 bits per heavy atom. The van der Waals surface area contributed by atoms with Crippen molar-refractivity contribution in [2.45, 2.75) is 6.61 Å². The Morgan fingerprint density at radius 2 is 1.79 bits per heavy atom. The molecule has 2 aromatic carbocycles.